The first-order valence-corrected chi connectivity index (χ1v) is 4.08. The van der Waals surface area contributed by atoms with Crippen LogP contribution in [0.25, 0.3) is 0 Å². The highest BCUT2D eigenvalue weighted by Gasteiger charge is 2.04. The molecule has 0 unspecified atom stereocenters. The fraction of sp³-hybridized carbons (Fsp3) is 0.300. The second-order valence-electron chi connectivity index (χ2n) is 2.68. The number of carbonyl (C=O) groups is 1. The van der Waals surface area contributed by atoms with E-state index >= 15 is 0 Å². The van der Waals surface area contributed by atoms with Crippen molar-refractivity contribution < 1.29 is 14.6 Å². The summed E-state index contributed by atoms with van der Waals surface area (Å²) in [4.78, 5) is 10.6. The number of ether oxygens (including phenoxy) is 1. The summed E-state index contributed by atoms with van der Waals surface area (Å²) in [7, 11) is 0. The Morgan fingerprint density at radius 2 is 2.31 bits per heavy atom. The van der Waals surface area contributed by atoms with Gasteiger partial charge < -0.3 is 9.84 Å². The van der Waals surface area contributed by atoms with E-state index in [1.54, 1.807) is 12.1 Å². The SMILES string of the molecule is Cc1cccc(C=O)c1OCCO. The quantitative estimate of drug-likeness (QED) is 0.708. The molecule has 0 aliphatic rings. The van der Waals surface area contributed by atoms with Gasteiger partial charge in [-0.15, -0.1) is 0 Å². The first kappa shape index (κ1) is 9.74. The summed E-state index contributed by atoms with van der Waals surface area (Å²) in [6.45, 7) is 2.03. The van der Waals surface area contributed by atoms with Gasteiger partial charge in [0, 0.05) is 0 Å². The van der Waals surface area contributed by atoms with Crippen LogP contribution in [0.3, 0.4) is 0 Å². The molecule has 0 amide bonds. The lowest BCUT2D eigenvalue weighted by Gasteiger charge is -2.09. The van der Waals surface area contributed by atoms with E-state index in [0.29, 0.717) is 11.3 Å². The lowest BCUT2D eigenvalue weighted by atomic mass is 10.1. The lowest BCUT2D eigenvalue weighted by Crippen LogP contribution is -2.04. The lowest BCUT2D eigenvalue weighted by molar-refractivity contribution is 0.111. The van der Waals surface area contributed by atoms with Crippen molar-refractivity contribution in [1.82, 2.24) is 0 Å². The zero-order valence-electron chi connectivity index (χ0n) is 7.49. The molecule has 0 saturated heterocycles. The molecule has 1 rings (SSSR count). The third-order valence-corrected chi connectivity index (χ3v) is 1.71. The van der Waals surface area contributed by atoms with Gasteiger partial charge in [-0.25, -0.2) is 0 Å². The van der Waals surface area contributed by atoms with Crippen molar-refractivity contribution in [3.05, 3.63) is 29.3 Å². The number of aldehydes is 1. The molecule has 3 nitrogen and oxygen atoms in total. The molecule has 1 aromatic carbocycles. The Morgan fingerprint density at radius 1 is 1.54 bits per heavy atom. The number of benzene rings is 1. The average molecular weight is 180 g/mol. The van der Waals surface area contributed by atoms with Crippen molar-refractivity contribution in [2.75, 3.05) is 13.2 Å². The number of carbonyl (C=O) groups excluding carboxylic acids is 1. The van der Waals surface area contributed by atoms with E-state index in [0.717, 1.165) is 11.8 Å². The van der Waals surface area contributed by atoms with Crippen LogP contribution in [-0.4, -0.2) is 24.6 Å². The van der Waals surface area contributed by atoms with Crippen LogP contribution in [0.4, 0.5) is 0 Å². The number of hydrogen-bond donors (Lipinski definition) is 1. The van der Waals surface area contributed by atoms with Gasteiger partial charge in [-0.05, 0) is 18.6 Å². The maximum Gasteiger partial charge on any atom is 0.153 e. The van der Waals surface area contributed by atoms with Crippen molar-refractivity contribution in [3.8, 4) is 5.75 Å². The summed E-state index contributed by atoms with van der Waals surface area (Å²) in [5.74, 6) is 0.562. The molecule has 0 atom stereocenters. The highest BCUT2D eigenvalue weighted by molar-refractivity contribution is 5.80. The molecule has 0 aliphatic heterocycles. The number of aliphatic hydroxyl groups is 1. The van der Waals surface area contributed by atoms with Gasteiger partial charge in [-0.2, -0.15) is 0 Å². The van der Waals surface area contributed by atoms with E-state index in [1.807, 2.05) is 13.0 Å². The van der Waals surface area contributed by atoms with E-state index in [4.69, 9.17) is 9.84 Å². The van der Waals surface area contributed by atoms with Gasteiger partial charge in [0.1, 0.15) is 12.4 Å². The molecule has 0 spiro atoms. The summed E-state index contributed by atoms with van der Waals surface area (Å²) in [6.07, 6.45) is 0.750. The second kappa shape index (κ2) is 4.62. The Labute approximate surface area is 77.0 Å². The van der Waals surface area contributed by atoms with Crippen LogP contribution in [0.1, 0.15) is 15.9 Å². The number of aliphatic hydroxyl groups excluding tert-OH is 1. The molecule has 0 radical (unpaired) electrons. The maximum absolute atomic E-state index is 10.6. The third-order valence-electron chi connectivity index (χ3n) is 1.71. The third kappa shape index (κ3) is 2.29. The van der Waals surface area contributed by atoms with Crippen LogP contribution < -0.4 is 4.74 Å². The van der Waals surface area contributed by atoms with Gasteiger partial charge >= 0.3 is 0 Å². The largest absolute Gasteiger partial charge is 0.490 e. The summed E-state index contributed by atoms with van der Waals surface area (Å²) in [5.41, 5.74) is 1.42. The van der Waals surface area contributed by atoms with Gasteiger partial charge in [0.25, 0.3) is 0 Å². The summed E-state index contributed by atoms with van der Waals surface area (Å²) >= 11 is 0. The van der Waals surface area contributed by atoms with E-state index in [1.165, 1.54) is 0 Å². The highest BCUT2D eigenvalue weighted by Crippen LogP contribution is 2.21. The topological polar surface area (TPSA) is 46.5 Å². The summed E-state index contributed by atoms with van der Waals surface area (Å²) < 4.78 is 5.23. The Hall–Kier alpha value is -1.35. The number of hydrogen-bond acceptors (Lipinski definition) is 3. The Balaban J connectivity index is 2.93. The van der Waals surface area contributed by atoms with Gasteiger partial charge in [0.05, 0.1) is 12.2 Å². The molecule has 0 aliphatic carbocycles. The van der Waals surface area contributed by atoms with Crippen molar-refractivity contribution >= 4 is 6.29 Å². The molecule has 0 heterocycles. The van der Waals surface area contributed by atoms with E-state index in [2.05, 4.69) is 0 Å². The summed E-state index contributed by atoms with van der Waals surface area (Å²) in [5, 5.41) is 8.57. The van der Waals surface area contributed by atoms with E-state index < -0.39 is 0 Å². The van der Waals surface area contributed by atoms with E-state index in [-0.39, 0.29) is 13.2 Å². The van der Waals surface area contributed by atoms with Crippen LogP contribution in [0, 0.1) is 6.92 Å². The smallest absolute Gasteiger partial charge is 0.153 e. The normalized spacial score (nSPS) is 9.69. The molecule has 13 heavy (non-hydrogen) atoms. The molecule has 70 valence electrons. The van der Waals surface area contributed by atoms with Crippen LogP contribution in [0.2, 0.25) is 0 Å². The van der Waals surface area contributed by atoms with Crippen molar-refractivity contribution in [3.63, 3.8) is 0 Å². The van der Waals surface area contributed by atoms with Gasteiger partial charge in [-0.1, -0.05) is 12.1 Å². The molecule has 1 N–H and O–H groups in total. The van der Waals surface area contributed by atoms with Gasteiger partial charge in [-0.3, -0.25) is 4.79 Å². The van der Waals surface area contributed by atoms with Gasteiger partial charge in [0.2, 0.25) is 0 Å². The highest BCUT2D eigenvalue weighted by atomic mass is 16.5. The minimum absolute atomic E-state index is 0.0490. The predicted molar refractivity (Wildman–Crippen MR) is 49.1 cm³/mol. The average Bonchev–Trinajstić information content (AvgIpc) is 2.15. The molecule has 3 heteroatoms. The molecule has 0 fully saturated rings. The Morgan fingerprint density at radius 3 is 2.92 bits per heavy atom. The van der Waals surface area contributed by atoms with Gasteiger partial charge in [0.15, 0.2) is 6.29 Å². The molecular formula is C10H12O3. The Kier molecular flexibility index (Phi) is 3.46. The molecule has 1 aromatic rings. The molecule has 0 aromatic heterocycles. The zero-order chi connectivity index (χ0) is 9.68. The minimum atomic E-state index is -0.0490. The van der Waals surface area contributed by atoms with E-state index in [9.17, 15) is 4.79 Å². The zero-order valence-corrected chi connectivity index (χ0v) is 7.49. The van der Waals surface area contributed by atoms with Crippen molar-refractivity contribution in [1.29, 1.82) is 0 Å². The second-order valence-corrected chi connectivity index (χ2v) is 2.68. The van der Waals surface area contributed by atoms with Crippen molar-refractivity contribution in [2.24, 2.45) is 0 Å². The fourth-order valence-corrected chi connectivity index (χ4v) is 1.11. The molecule has 0 bridgehead atoms. The summed E-state index contributed by atoms with van der Waals surface area (Å²) in [6, 6.07) is 5.34. The maximum atomic E-state index is 10.6. The number of para-hydroxylation sites is 1. The van der Waals surface area contributed by atoms with Crippen LogP contribution in [0.15, 0.2) is 18.2 Å². The predicted octanol–water partition coefficient (Wildman–Crippen LogP) is 1.18. The van der Waals surface area contributed by atoms with Crippen LogP contribution >= 0.6 is 0 Å². The standard InChI is InChI=1S/C10H12O3/c1-8-3-2-4-9(7-12)10(8)13-6-5-11/h2-4,7,11H,5-6H2,1H3. The van der Waals surface area contributed by atoms with Crippen LogP contribution in [-0.2, 0) is 0 Å². The van der Waals surface area contributed by atoms with Crippen molar-refractivity contribution in [2.45, 2.75) is 6.92 Å². The number of aryl methyl sites for hydroxylation is 1. The first-order chi connectivity index (χ1) is 6.29. The monoisotopic (exact) mass is 180 g/mol. The fourth-order valence-electron chi connectivity index (χ4n) is 1.11. The van der Waals surface area contributed by atoms with Crippen LogP contribution in [0.5, 0.6) is 5.75 Å². The number of rotatable bonds is 4. The minimum Gasteiger partial charge on any atom is -0.490 e. The molecule has 0 saturated carbocycles. The Bertz CT molecular complexity index is 294. The first-order valence-electron chi connectivity index (χ1n) is 4.08. The molecular weight excluding hydrogens is 168 g/mol.